The molecule has 1 fully saturated rings. The van der Waals surface area contributed by atoms with E-state index in [9.17, 15) is 9.59 Å². The van der Waals surface area contributed by atoms with Crippen LogP contribution in [0.3, 0.4) is 0 Å². The Morgan fingerprint density at radius 1 is 1.38 bits per heavy atom. The van der Waals surface area contributed by atoms with Gasteiger partial charge in [0.1, 0.15) is 0 Å². The van der Waals surface area contributed by atoms with Crippen LogP contribution in [0.4, 0.5) is 5.69 Å². The second-order valence-corrected chi connectivity index (χ2v) is 5.85. The van der Waals surface area contributed by atoms with E-state index in [-0.39, 0.29) is 18.2 Å². The summed E-state index contributed by atoms with van der Waals surface area (Å²) in [6.07, 6.45) is 1.04. The van der Waals surface area contributed by atoms with Gasteiger partial charge in [0.25, 0.3) is 0 Å². The van der Waals surface area contributed by atoms with Crippen molar-refractivity contribution in [1.82, 2.24) is 4.90 Å². The van der Waals surface area contributed by atoms with Crippen molar-refractivity contribution in [2.75, 3.05) is 25.0 Å². The first-order chi connectivity index (χ1) is 9.94. The monoisotopic (exact) mass is 290 g/mol. The summed E-state index contributed by atoms with van der Waals surface area (Å²) in [5.74, 6) is -0.643. The summed E-state index contributed by atoms with van der Waals surface area (Å²) in [5.41, 5.74) is 3.06. The van der Waals surface area contributed by atoms with Crippen molar-refractivity contribution in [3.05, 3.63) is 29.3 Å². The van der Waals surface area contributed by atoms with Crippen molar-refractivity contribution in [2.24, 2.45) is 5.92 Å². The molecule has 1 unspecified atom stereocenters. The zero-order valence-electron chi connectivity index (χ0n) is 12.6. The lowest BCUT2D eigenvalue weighted by molar-refractivity contribution is -0.138. The van der Waals surface area contributed by atoms with Gasteiger partial charge in [-0.2, -0.15) is 0 Å². The number of benzene rings is 1. The fourth-order valence-electron chi connectivity index (χ4n) is 2.82. The highest BCUT2D eigenvalue weighted by Crippen LogP contribution is 2.20. The molecule has 1 amide bonds. The van der Waals surface area contributed by atoms with Gasteiger partial charge in [0.05, 0.1) is 6.54 Å². The van der Waals surface area contributed by atoms with Gasteiger partial charge < -0.3 is 10.4 Å². The van der Waals surface area contributed by atoms with Crippen LogP contribution in [0.2, 0.25) is 0 Å². The number of hydrogen-bond acceptors (Lipinski definition) is 3. The zero-order valence-corrected chi connectivity index (χ0v) is 12.6. The molecule has 1 heterocycles. The topological polar surface area (TPSA) is 69.6 Å². The smallest absolute Gasteiger partial charge is 0.303 e. The number of aryl methyl sites for hydroxylation is 2. The number of nitrogens with one attached hydrogen (secondary N) is 1. The third-order valence-electron chi connectivity index (χ3n) is 3.86. The van der Waals surface area contributed by atoms with Crippen molar-refractivity contribution in [3.8, 4) is 0 Å². The minimum absolute atomic E-state index is 0.0436. The second-order valence-electron chi connectivity index (χ2n) is 5.85. The molecular formula is C16H22N2O3. The minimum atomic E-state index is -0.762. The SMILES string of the molecule is Cc1ccc(NC(=O)CN2CCC(CC(=O)O)C2)c(C)c1. The van der Waals surface area contributed by atoms with E-state index in [0.29, 0.717) is 13.1 Å². The number of anilines is 1. The zero-order chi connectivity index (χ0) is 15.4. The van der Waals surface area contributed by atoms with Crippen LogP contribution in [0.1, 0.15) is 24.0 Å². The highest BCUT2D eigenvalue weighted by Gasteiger charge is 2.25. The Morgan fingerprint density at radius 3 is 2.81 bits per heavy atom. The summed E-state index contributed by atoms with van der Waals surface area (Å²) in [5, 5.41) is 11.7. The molecule has 1 aliphatic rings. The number of amides is 1. The molecule has 1 aromatic rings. The first-order valence-electron chi connectivity index (χ1n) is 7.25. The van der Waals surface area contributed by atoms with E-state index in [2.05, 4.69) is 5.32 Å². The van der Waals surface area contributed by atoms with Gasteiger partial charge in [-0.1, -0.05) is 17.7 Å². The predicted molar refractivity (Wildman–Crippen MR) is 81.3 cm³/mol. The fraction of sp³-hybridized carbons (Fsp3) is 0.500. The van der Waals surface area contributed by atoms with Crippen LogP contribution in [0.5, 0.6) is 0 Å². The van der Waals surface area contributed by atoms with Crippen molar-refractivity contribution in [2.45, 2.75) is 26.7 Å². The number of carboxylic acids is 1. The maximum atomic E-state index is 12.1. The molecule has 114 valence electrons. The average molecular weight is 290 g/mol. The van der Waals surface area contributed by atoms with Crippen molar-refractivity contribution in [3.63, 3.8) is 0 Å². The molecule has 0 bridgehead atoms. The third kappa shape index (κ3) is 4.56. The first-order valence-corrected chi connectivity index (χ1v) is 7.25. The molecule has 0 radical (unpaired) electrons. The molecule has 2 N–H and O–H groups in total. The summed E-state index contributed by atoms with van der Waals surface area (Å²) >= 11 is 0. The Bertz CT molecular complexity index is 542. The van der Waals surface area contributed by atoms with Crippen molar-refractivity contribution >= 4 is 17.6 Å². The molecule has 5 heteroatoms. The van der Waals surface area contributed by atoms with Crippen LogP contribution in [-0.2, 0) is 9.59 Å². The lowest BCUT2D eigenvalue weighted by Crippen LogP contribution is -2.32. The molecule has 5 nitrogen and oxygen atoms in total. The first kappa shape index (κ1) is 15.5. The fourth-order valence-corrected chi connectivity index (χ4v) is 2.82. The van der Waals surface area contributed by atoms with E-state index < -0.39 is 5.97 Å². The number of carbonyl (C=O) groups excluding carboxylic acids is 1. The van der Waals surface area contributed by atoms with E-state index in [0.717, 1.165) is 24.2 Å². The number of aliphatic carboxylic acids is 1. The Labute approximate surface area is 125 Å². The molecule has 0 saturated carbocycles. The molecule has 0 spiro atoms. The quantitative estimate of drug-likeness (QED) is 0.870. The van der Waals surface area contributed by atoms with E-state index in [1.54, 1.807) is 0 Å². The van der Waals surface area contributed by atoms with Crippen LogP contribution in [-0.4, -0.2) is 41.5 Å². The lowest BCUT2D eigenvalue weighted by Gasteiger charge is -2.16. The Kier molecular flexibility index (Phi) is 4.96. The maximum Gasteiger partial charge on any atom is 0.303 e. The van der Waals surface area contributed by atoms with Crippen LogP contribution in [0, 0.1) is 19.8 Å². The average Bonchev–Trinajstić information content (AvgIpc) is 2.79. The van der Waals surface area contributed by atoms with Gasteiger partial charge in [-0.25, -0.2) is 0 Å². The van der Waals surface area contributed by atoms with Gasteiger partial charge in [-0.3, -0.25) is 14.5 Å². The van der Waals surface area contributed by atoms with Gasteiger partial charge in [0.2, 0.25) is 5.91 Å². The molecule has 2 rings (SSSR count). The van der Waals surface area contributed by atoms with Gasteiger partial charge in [-0.15, -0.1) is 0 Å². The van der Waals surface area contributed by atoms with Crippen LogP contribution in [0.15, 0.2) is 18.2 Å². The van der Waals surface area contributed by atoms with Gasteiger partial charge in [-0.05, 0) is 44.4 Å². The van der Waals surface area contributed by atoms with Crippen LogP contribution < -0.4 is 5.32 Å². The predicted octanol–water partition coefficient (Wildman–Crippen LogP) is 2.04. The van der Waals surface area contributed by atoms with Gasteiger partial charge >= 0.3 is 5.97 Å². The van der Waals surface area contributed by atoms with Crippen LogP contribution in [0.25, 0.3) is 0 Å². The summed E-state index contributed by atoms with van der Waals surface area (Å²) in [6.45, 7) is 5.79. The Balaban J connectivity index is 1.84. The largest absolute Gasteiger partial charge is 0.481 e. The normalized spacial score (nSPS) is 18.7. The number of nitrogens with zero attached hydrogens (tertiary/aromatic N) is 1. The van der Waals surface area contributed by atoms with Gasteiger partial charge in [0, 0.05) is 18.7 Å². The van der Waals surface area contributed by atoms with Crippen molar-refractivity contribution < 1.29 is 14.7 Å². The molecule has 1 saturated heterocycles. The number of carboxylic acid groups (broad SMARTS) is 1. The van der Waals surface area contributed by atoms with Crippen molar-refractivity contribution in [1.29, 1.82) is 0 Å². The molecule has 1 aromatic carbocycles. The summed E-state index contributed by atoms with van der Waals surface area (Å²) < 4.78 is 0. The maximum absolute atomic E-state index is 12.1. The standard InChI is InChI=1S/C16H22N2O3/c1-11-3-4-14(12(2)7-11)17-15(19)10-18-6-5-13(9-18)8-16(20)21/h3-4,7,13H,5-6,8-10H2,1-2H3,(H,17,19)(H,20,21). The minimum Gasteiger partial charge on any atom is -0.481 e. The number of likely N-dealkylation sites (tertiary alicyclic amines) is 1. The number of hydrogen-bond donors (Lipinski definition) is 2. The van der Waals surface area contributed by atoms with Gasteiger partial charge in [0.15, 0.2) is 0 Å². The van der Waals surface area contributed by atoms with E-state index in [4.69, 9.17) is 5.11 Å². The van der Waals surface area contributed by atoms with E-state index in [1.165, 1.54) is 5.56 Å². The van der Waals surface area contributed by atoms with Crippen LogP contribution >= 0.6 is 0 Å². The number of carbonyl (C=O) groups is 2. The Morgan fingerprint density at radius 2 is 2.14 bits per heavy atom. The lowest BCUT2D eigenvalue weighted by atomic mass is 10.1. The molecule has 21 heavy (non-hydrogen) atoms. The molecule has 1 atom stereocenters. The number of rotatable bonds is 5. The molecule has 1 aliphatic heterocycles. The highest BCUT2D eigenvalue weighted by atomic mass is 16.4. The molecule has 0 aliphatic carbocycles. The second kappa shape index (κ2) is 6.72. The summed E-state index contributed by atoms with van der Waals surface area (Å²) in [4.78, 5) is 24.8. The third-order valence-corrected chi connectivity index (χ3v) is 3.86. The van der Waals surface area contributed by atoms with E-state index >= 15 is 0 Å². The summed E-state index contributed by atoms with van der Waals surface area (Å²) in [7, 11) is 0. The summed E-state index contributed by atoms with van der Waals surface area (Å²) in [6, 6.07) is 5.93. The molecule has 0 aromatic heterocycles. The Hall–Kier alpha value is -1.88. The molecular weight excluding hydrogens is 268 g/mol. The van der Waals surface area contributed by atoms with E-state index in [1.807, 2.05) is 36.9 Å². The highest BCUT2D eigenvalue weighted by molar-refractivity contribution is 5.93.